The molecule has 1 unspecified atom stereocenters. The Bertz CT molecular complexity index is 637. The second-order valence-corrected chi connectivity index (χ2v) is 5.49. The number of hydrazine groups is 1. The normalized spacial score (nSPS) is 12.7. The van der Waals surface area contributed by atoms with Crippen LogP contribution in [0.2, 0.25) is 5.02 Å². The maximum absolute atomic E-state index is 6.37. The third kappa shape index (κ3) is 3.23. The Kier molecular flexibility index (Phi) is 4.92. The van der Waals surface area contributed by atoms with E-state index < -0.39 is 0 Å². The largest absolute Gasteiger partial charge is 0.271 e. The van der Waals surface area contributed by atoms with Crippen molar-refractivity contribution in [1.82, 2.24) is 25.4 Å². The number of halogens is 1. The molecule has 0 saturated heterocycles. The first-order valence-electron chi connectivity index (χ1n) is 6.96. The predicted octanol–water partition coefficient (Wildman–Crippen LogP) is 2.02. The SMILES string of the molecule is CCn1nc(C)c(Cl)c1CC(NN)c1cc(C)nnc1C. The van der Waals surface area contributed by atoms with Crippen LogP contribution in [0.4, 0.5) is 0 Å². The molecule has 6 nitrogen and oxygen atoms in total. The molecule has 0 fully saturated rings. The highest BCUT2D eigenvalue weighted by Crippen LogP contribution is 2.26. The number of hydrogen-bond acceptors (Lipinski definition) is 5. The third-order valence-electron chi connectivity index (χ3n) is 3.57. The monoisotopic (exact) mass is 308 g/mol. The quantitative estimate of drug-likeness (QED) is 0.652. The lowest BCUT2D eigenvalue weighted by molar-refractivity contribution is 0.512. The lowest BCUT2D eigenvalue weighted by Gasteiger charge is -2.19. The van der Waals surface area contributed by atoms with Crippen molar-refractivity contribution in [3.8, 4) is 0 Å². The van der Waals surface area contributed by atoms with E-state index in [0.717, 1.165) is 34.9 Å². The number of hydrogen-bond donors (Lipinski definition) is 2. The first-order chi connectivity index (χ1) is 9.97. The Labute approximate surface area is 129 Å². The molecule has 0 spiro atoms. The van der Waals surface area contributed by atoms with Crippen LogP contribution in [-0.2, 0) is 13.0 Å². The molecule has 114 valence electrons. The summed E-state index contributed by atoms with van der Waals surface area (Å²) in [7, 11) is 0. The zero-order chi connectivity index (χ0) is 15.6. The van der Waals surface area contributed by atoms with Crippen LogP contribution in [0.1, 0.15) is 41.3 Å². The predicted molar refractivity (Wildman–Crippen MR) is 82.9 cm³/mol. The Hall–Kier alpha value is -1.50. The van der Waals surface area contributed by atoms with Gasteiger partial charge in [0.1, 0.15) is 0 Å². The van der Waals surface area contributed by atoms with Gasteiger partial charge < -0.3 is 0 Å². The molecule has 7 heteroatoms. The first-order valence-corrected chi connectivity index (χ1v) is 7.34. The third-order valence-corrected chi connectivity index (χ3v) is 4.06. The first kappa shape index (κ1) is 15.9. The minimum atomic E-state index is -0.0851. The summed E-state index contributed by atoms with van der Waals surface area (Å²) in [5.74, 6) is 5.75. The van der Waals surface area contributed by atoms with Crippen molar-refractivity contribution in [3.63, 3.8) is 0 Å². The van der Waals surface area contributed by atoms with Crippen molar-refractivity contribution < 1.29 is 0 Å². The second kappa shape index (κ2) is 6.51. The minimum Gasteiger partial charge on any atom is -0.271 e. The van der Waals surface area contributed by atoms with Crippen molar-refractivity contribution in [3.05, 3.63) is 39.4 Å². The van der Waals surface area contributed by atoms with Crippen LogP contribution in [0.3, 0.4) is 0 Å². The second-order valence-electron chi connectivity index (χ2n) is 5.11. The van der Waals surface area contributed by atoms with Crippen LogP contribution in [0.15, 0.2) is 6.07 Å². The molecule has 0 aromatic carbocycles. The van der Waals surface area contributed by atoms with E-state index >= 15 is 0 Å². The number of rotatable bonds is 5. The van der Waals surface area contributed by atoms with Gasteiger partial charge in [-0.3, -0.25) is 16.0 Å². The van der Waals surface area contributed by atoms with Crippen LogP contribution >= 0.6 is 11.6 Å². The molecule has 1 atom stereocenters. The number of nitrogens with one attached hydrogen (secondary N) is 1. The van der Waals surface area contributed by atoms with Crippen molar-refractivity contribution in [2.24, 2.45) is 5.84 Å². The summed E-state index contributed by atoms with van der Waals surface area (Å²) in [6, 6.07) is 1.92. The molecule has 0 amide bonds. The lowest BCUT2D eigenvalue weighted by Crippen LogP contribution is -2.31. The molecule has 21 heavy (non-hydrogen) atoms. The number of nitrogens with zero attached hydrogens (tertiary/aromatic N) is 4. The highest BCUT2D eigenvalue weighted by molar-refractivity contribution is 6.31. The molecule has 3 N–H and O–H groups in total. The molecule has 0 aliphatic rings. The van der Waals surface area contributed by atoms with Gasteiger partial charge in [-0.25, -0.2) is 0 Å². The Morgan fingerprint density at radius 3 is 2.62 bits per heavy atom. The fraction of sp³-hybridized carbons (Fsp3) is 0.500. The van der Waals surface area contributed by atoms with Crippen LogP contribution in [-0.4, -0.2) is 20.0 Å². The summed E-state index contributed by atoms with van der Waals surface area (Å²) in [5, 5.41) is 13.4. The summed E-state index contributed by atoms with van der Waals surface area (Å²) in [5.41, 5.74) is 7.43. The average molecular weight is 309 g/mol. The van der Waals surface area contributed by atoms with Crippen molar-refractivity contribution in [2.45, 2.75) is 46.7 Å². The molecule has 2 rings (SSSR count). The van der Waals surface area contributed by atoms with Crippen molar-refractivity contribution in [2.75, 3.05) is 0 Å². The van der Waals surface area contributed by atoms with Gasteiger partial charge in [-0.15, -0.1) is 0 Å². The fourth-order valence-electron chi connectivity index (χ4n) is 2.44. The van der Waals surface area contributed by atoms with Gasteiger partial charge in [0.25, 0.3) is 0 Å². The molecule has 0 radical (unpaired) electrons. The van der Waals surface area contributed by atoms with Gasteiger partial charge >= 0.3 is 0 Å². The summed E-state index contributed by atoms with van der Waals surface area (Å²) in [4.78, 5) is 0. The zero-order valence-electron chi connectivity index (χ0n) is 12.8. The topological polar surface area (TPSA) is 81.7 Å². The molecule has 2 aromatic rings. The highest BCUT2D eigenvalue weighted by atomic mass is 35.5. The molecule has 0 bridgehead atoms. The van der Waals surface area contributed by atoms with Gasteiger partial charge in [0.2, 0.25) is 0 Å². The summed E-state index contributed by atoms with van der Waals surface area (Å²) < 4.78 is 1.92. The van der Waals surface area contributed by atoms with Gasteiger partial charge in [-0.2, -0.15) is 15.3 Å². The number of aryl methyl sites for hydroxylation is 4. The van der Waals surface area contributed by atoms with Gasteiger partial charge in [0.15, 0.2) is 0 Å². The average Bonchev–Trinajstić information content (AvgIpc) is 2.74. The summed E-state index contributed by atoms with van der Waals surface area (Å²) in [6.45, 7) is 8.56. The molecule has 0 aliphatic carbocycles. The van der Waals surface area contributed by atoms with E-state index in [1.165, 1.54) is 0 Å². The lowest BCUT2D eigenvalue weighted by atomic mass is 10.0. The van der Waals surface area contributed by atoms with Crippen molar-refractivity contribution >= 4 is 11.6 Å². The van der Waals surface area contributed by atoms with E-state index in [4.69, 9.17) is 17.4 Å². The van der Waals surface area contributed by atoms with Gasteiger partial charge in [0.05, 0.1) is 33.8 Å². The van der Waals surface area contributed by atoms with E-state index in [-0.39, 0.29) is 6.04 Å². The molecular formula is C14H21ClN6. The van der Waals surface area contributed by atoms with E-state index in [1.807, 2.05) is 38.4 Å². The Morgan fingerprint density at radius 2 is 2.00 bits per heavy atom. The molecule has 0 aliphatic heterocycles. The fourth-order valence-corrected chi connectivity index (χ4v) is 2.65. The van der Waals surface area contributed by atoms with Gasteiger partial charge in [-0.05, 0) is 39.3 Å². The minimum absolute atomic E-state index is 0.0851. The van der Waals surface area contributed by atoms with Crippen LogP contribution in [0.5, 0.6) is 0 Å². The van der Waals surface area contributed by atoms with Crippen LogP contribution in [0.25, 0.3) is 0 Å². The summed E-state index contributed by atoms with van der Waals surface area (Å²) in [6.07, 6.45) is 0.649. The van der Waals surface area contributed by atoms with Gasteiger partial charge in [0, 0.05) is 13.0 Å². The number of nitrogens with two attached hydrogens (primary N) is 1. The Balaban J connectivity index is 2.38. The molecule has 2 heterocycles. The zero-order valence-corrected chi connectivity index (χ0v) is 13.6. The van der Waals surface area contributed by atoms with Crippen molar-refractivity contribution in [1.29, 1.82) is 0 Å². The summed E-state index contributed by atoms with van der Waals surface area (Å²) >= 11 is 6.37. The molecule has 2 aromatic heterocycles. The van der Waals surface area contributed by atoms with E-state index in [1.54, 1.807) is 0 Å². The molecule has 0 saturated carbocycles. The van der Waals surface area contributed by atoms with E-state index in [9.17, 15) is 0 Å². The standard InChI is InChI=1S/C14H21ClN6/c1-5-21-13(14(15)10(4)20-21)7-12(17-16)11-6-8(2)18-19-9(11)3/h6,12,17H,5,7,16H2,1-4H3. The van der Waals surface area contributed by atoms with E-state index in [2.05, 4.69) is 20.7 Å². The Morgan fingerprint density at radius 1 is 1.29 bits per heavy atom. The highest BCUT2D eigenvalue weighted by Gasteiger charge is 2.20. The van der Waals surface area contributed by atoms with E-state index in [0.29, 0.717) is 11.4 Å². The molecular weight excluding hydrogens is 288 g/mol. The maximum Gasteiger partial charge on any atom is 0.0847 e. The smallest absolute Gasteiger partial charge is 0.0847 e. The van der Waals surface area contributed by atoms with Crippen LogP contribution in [0, 0.1) is 20.8 Å². The maximum atomic E-state index is 6.37. The number of aromatic nitrogens is 4. The van der Waals surface area contributed by atoms with Crippen LogP contribution < -0.4 is 11.3 Å². The van der Waals surface area contributed by atoms with Gasteiger partial charge in [-0.1, -0.05) is 11.6 Å².